The van der Waals surface area contributed by atoms with Gasteiger partial charge in [0.2, 0.25) is 5.91 Å². The number of carbonyl (C=O) groups excluding carboxylic acids is 3. The maximum absolute atomic E-state index is 12.8. The SMILES string of the molecule is CC1Oc2ccc(C(=O)N3CCN(C(=O)C4CC4)CC3)cc2N(C)C1=O. The molecule has 0 bridgehead atoms. The Hall–Kier alpha value is -2.57. The van der Waals surface area contributed by atoms with Gasteiger partial charge in [-0.3, -0.25) is 14.4 Å². The summed E-state index contributed by atoms with van der Waals surface area (Å²) < 4.78 is 5.60. The van der Waals surface area contributed by atoms with Crippen LogP contribution in [0.25, 0.3) is 0 Å². The highest BCUT2D eigenvalue weighted by Crippen LogP contribution is 2.34. The van der Waals surface area contributed by atoms with Crippen molar-refractivity contribution in [2.24, 2.45) is 5.92 Å². The zero-order valence-electron chi connectivity index (χ0n) is 15.1. The number of piperazine rings is 1. The molecule has 4 rings (SSSR count). The molecule has 0 spiro atoms. The van der Waals surface area contributed by atoms with E-state index in [1.165, 1.54) is 4.90 Å². The third kappa shape index (κ3) is 2.91. The van der Waals surface area contributed by atoms with Crippen molar-refractivity contribution in [1.29, 1.82) is 0 Å². The van der Waals surface area contributed by atoms with E-state index in [-0.39, 0.29) is 23.6 Å². The van der Waals surface area contributed by atoms with Crippen LogP contribution in [0, 0.1) is 5.92 Å². The van der Waals surface area contributed by atoms with Crippen LogP contribution in [-0.4, -0.2) is 66.9 Å². The molecule has 3 amide bonds. The topological polar surface area (TPSA) is 70.2 Å². The molecule has 0 radical (unpaired) electrons. The van der Waals surface area contributed by atoms with Gasteiger partial charge in [-0.05, 0) is 38.0 Å². The van der Waals surface area contributed by atoms with Gasteiger partial charge in [0.15, 0.2) is 6.10 Å². The number of fused-ring (bicyclic) bond motifs is 1. The Balaban J connectivity index is 1.46. The number of rotatable bonds is 2. The molecule has 138 valence electrons. The molecule has 0 N–H and O–H groups in total. The quantitative estimate of drug-likeness (QED) is 0.795. The van der Waals surface area contributed by atoms with E-state index in [9.17, 15) is 14.4 Å². The van der Waals surface area contributed by atoms with E-state index in [0.717, 1.165) is 12.8 Å². The predicted molar refractivity (Wildman–Crippen MR) is 95.1 cm³/mol. The lowest BCUT2D eigenvalue weighted by Gasteiger charge is -2.35. The number of amides is 3. The Bertz CT molecular complexity index is 766. The Morgan fingerprint density at radius 2 is 1.73 bits per heavy atom. The average molecular weight is 357 g/mol. The van der Waals surface area contributed by atoms with Crippen molar-refractivity contribution >= 4 is 23.4 Å². The van der Waals surface area contributed by atoms with E-state index in [1.54, 1.807) is 37.1 Å². The van der Waals surface area contributed by atoms with Crippen LogP contribution in [0.15, 0.2) is 18.2 Å². The summed E-state index contributed by atoms with van der Waals surface area (Å²) in [6, 6.07) is 5.19. The largest absolute Gasteiger partial charge is 0.479 e. The van der Waals surface area contributed by atoms with Crippen molar-refractivity contribution in [3.8, 4) is 5.75 Å². The maximum atomic E-state index is 12.8. The summed E-state index contributed by atoms with van der Waals surface area (Å²) >= 11 is 0. The monoisotopic (exact) mass is 357 g/mol. The first kappa shape index (κ1) is 16.9. The van der Waals surface area contributed by atoms with E-state index in [0.29, 0.717) is 43.2 Å². The summed E-state index contributed by atoms with van der Waals surface area (Å²) in [5, 5.41) is 0. The molecule has 2 aliphatic heterocycles. The molecule has 1 aromatic rings. The van der Waals surface area contributed by atoms with E-state index >= 15 is 0 Å². The number of ether oxygens (including phenoxy) is 1. The summed E-state index contributed by atoms with van der Waals surface area (Å²) in [5.41, 5.74) is 1.14. The second-order valence-electron chi connectivity index (χ2n) is 7.23. The highest BCUT2D eigenvalue weighted by Gasteiger charge is 2.35. The molecule has 1 aromatic carbocycles. The number of nitrogens with zero attached hydrogens (tertiary/aromatic N) is 3. The highest BCUT2D eigenvalue weighted by atomic mass is 16.5. The first-order chi connectivity index (χ1) is 12.5. The summed E-state index contributed by atoms with van der Waals surface area (Å²) in [7, 11) is 1.69. The summed E-state index contributed by atoms with van der Waals surface area (Å²) in [6.07, 6.45) is 1.48. The smallest absolute Gasteiger partial charge is 0.267 e. The molecule has 0 aromatic heterocycles. The minimum atomic E-state index is -0.522. The normalized spacial score (nSPS) is 22.8. The molecule has 1 aliphatic carbocycles. The lowest BCUT2D eigenvalue weighted by molar-refractivity contribution is -0.134. The molecule has 3 aliphatic rings. The summed E-state index contributed by atoms with van der Waals surface area (Å²) in [4.78, 5) is 42.2. The van der Waals surface area contributed by atoms with Gasteiger partial charge in [-0.25, -0.2) is 0 Å². The molecular weight excluding hydrogens is 334 g/mol. The van der Waals surface area contributed by atoms with Gasteiger partial charge in [-0.1, -0.05) is 0 Å². The highest BCUT2D eigenvalue weighted by molar-refractivity contribution is 6.02. The zero-order chi connectivity index (χ0) is 18.4. The summed E-state index contributed by atoms with van der Waals surface area (Å²) in [6.45, 7) is 3.96. The number of likely N-dealkylation sites (N-methyl/N-ethyl adjacent to an activating group) is 1. The van der Waals surface area contributed by atoms with Crippen LogP contribution >= 0.6 is 0 Å². The van der Waals surface area contributed by atoms with Gasteiger partial charge in [0.05, 0.1) is 5.69 Å². The molecule has 2 fully saturated rings. The van der Waals surface area contributed by atoms with Crippen molar-refractivity contribution in [2.75, 3.05) is 38.1 Å². The van der Waals surface area contributed by atoms with Crippen molar-refractivity contribution in [3.05, 3.63) is 23.8 Å². The third-order valence-corrected chi connectivity index (χ3v) is 5.35. The van der Waals surface area contributed by atoms with Gasteiger partial charge in [-0.2, -0.15) is 0 Å². The fraction of sp³-hybridized carbons (Fsp3) is 0.526. The van der Waals surface area contributed by atoms with Crippen LogP contribution in [0.1, 0.15) is 30.1 Å². The van der Waals surface area contributed by atoms with E-state index < -0.39 is 6.10 Å². The van der Waals surface area contributed by atoms with Crippen LogP contribution in [0.4, 0.5) is 5.69 Å². The third-order valence-electron chi connectivity index (χ3n) is 5.35. The average Bonchev–Trinajstić information content (AvgIpc) is 3.50. The molecule has 7 nitrogen and oxygen atoms in total. The van der Waals surface area contributed by atoms with E-state index in [1.807, 2.05) is 4.90 Å². The second kappa shape index (κ2) is 6.30. The molecule has 2 heterocycles. The maximum Gasteiger partial charge on any atom is 0.267 e. The Labute approximate surface area is 152 Å². The summed E-state index contributed by atoms with van der Waals surface area (Å²) in [5.74, 6) is 0.849. The molecule has 1 saturated carbocycles. The molecule has 1 unspecified atom stereocenters. The molecule has 26 heavy (non-hydrogen) atoms. The predicted octanol–water partition coefficient (Wildman–Crippen LogP) is 1.12. The van der Waals surface area contributed by atoms with Gasteiger partial charge in [0.25, 0.3) is 11.8 Å². The lowest BCUT2D eigenvalue weighted by atomic mass is 10.1. The van der Waals surface area contributed by atoms with Crippen LogP contribution in [0.5, 0.6) is 5.75 Å². The number of hydrogen-bond acceptors (Lipinski definition) is 4. The van der Waals surface area contributed by atoms with Gasteiger partial charge >= 0.3 is 0 Å². The fourth-order valence-electron chi connectivity index (χ4n) is 3.55. The number of hydrogen-bond donors (Lipinski definition) is 0. The Morgan fingerprint density at radius 3 is 2.38 bits per heavy atom. The first-order valence-electron chi connectivity index (χ1n) is 9.12. The van der Waals surface area contributed by atoms with E-state index in [2.05, 4.69) is 0 Å². The standard InChI is InChI=1S/C19H23N3O4/c1-12-17(23)20(2)15-11-14(5-6-16(15)26-12)19(25)22-9-7-21(8-10-22)18(24)13-3-4-13/h5-6,11-13H,3-4,7-10H2,1-2H3. The van der Waals surface area contributed by atoms with E-state index in [4.69, 9.17) is 4.74 Å². The molecule has 1 saturated heterocycles. The van der Waals surface area contributed by atoms with Crippen LogP contribution in [-0.2, 0) is 9.59 Å². The van der Waals surface area contributed by atoms with Gasteiger partial charge in [0.1, 0.15) is 5.75 Å². The Morgan fingerprint density at radius 1 is 1.08 bits per heavy atom. The molecular formula is C19H23N3O4. The minimum absolute atomic E-state index is 0.0780. The van der Waals surface area contributed by atoms with Gasteiger partial charge < -0.3 is 19.4 Å². The van der Waals surface area contributed by atoms with Gasteiger partial charge in [0, 0.05) is 44.7 Å². The van der Waals surface area contributed by atoms with Crippen LogP contribution in [0.3, 0.4) is 0 Å². The number of anilines is 1. The molecule has 1 atom stereocenters. The van der Waals surface area contributed by atoms with Crippen molar-refractivity contribution in [2.45, 2.75) is 25.9 Å². The van der Waals surface area contributed by atoms with Crippen molar-refractivity contribution in [1.82, 2.24) is 9.80 Å². The van der Waals surface area contributed by atoms with Crippen molar-refractivity contribution < 1.29 is 19.1 Å². The number of carbonyl (C=O) groups is 3. The lowest BCUT2D eigenvalue weighted by Crippen LogP contribution is -2.51. The van der Waals surface area contributed by atoms with Crippen LogP contribution < -0.4 is 9.64 Å². The number of benzene rings is 1. The first-order valence-corrected chi connectivity index (χ1v) is 9.12. The van der Waals surface area contributed by atoms with Crippen LogP contribution in [0.2, 0.25) is 0 Å². The van der Waals surface area contributed by atoms with Gasteiger partial charge in [-0.15, -0.1) is 0 Å². The fourth-order valence-corrected chi connectivity index (χ4v) is 3.55. The Kier molecular flexibility index (Phi) is 4.09. The zero-order valence-corrected chi connectivity index (χ0v) is 15.1. The molecule has 7 heteroatoms. The minimum Gasteiger partial charge on any atom is -0.479 e. The second-order valence-corrected chi connectivity index (χ2v) is 7.23. The van der Waals surface area contributed by atoms with Crippen molar-refractivity contribution in [3.63, 3.8) is 0 Å².